The summed E-state index contributed by atoms with van der Waals surface area (Å²) in [6.07, 6.45) is 8.76. The second-order valence-corrected chi connectivity index (χ2v) is 6.51. The quantitative estimate of drug-likeness (QED) is 0.843. The van der Waals surface area contributed by atoms with Gasteiger partial charge in [-0.1, -0.05) is 0 Å². The number of hydrogen-bond acceptors (Lipinski definition) is 6. The lowest BCUT2D eigenvalue weighted by Crippen LogP contribution is -2.21. The maximum atomic E-state index is 4.64. The average molecular weight is 328 g/mol. The largest absolute Gasteiger partial charge is 0.341 e. The smallest absolute Gasteiger partial charge is 0.245 e. The molecule has 4 rings (SSSR count). The molecule has 0 amide bonds. The van der Waals surface area contributed by atoms with Crippen molar-refractivity contribution in [3.8, 4) is 0 Å². The van der Waals surface area contributed by atoms with Gasteiger partial charge in [-0.15, -0.1) is 5.10 Å². The van der Waals surface area contributed by atoms with E-state index in [0.29, 0.717) is 5.82 Å². The number of rotatable bonds is 4. The summed E-state index contributed by atoms with van der Waals surface area (Å²) in [5.74, 6) is 3.31. The molecule has 2 aromatic heterocycles. The molecule has 2 fully saturated rings. The molecule has 0 unspecified atom stereocenters. The zero-order chi connectivity index (χ0) is 16.5. The summed E-state index contributed by atoms with van der Waals surface area (Å²) >= 11 is 0. The maximum Gasteiger partial charge on any atom is 0.245 e. The van der Waals surface area contributed by atoms with E-state index in [1.54, 1.807) is 0 Å². The van der Waals surface area contributed by atoms with Gasteiger partial charge in [-0.05, 0) is 37.8 Å². The van der Waals surface area contributed by atoms with Gasteiger partial charge in [0.2, 0.25) is 11.9 Å². The predicted octanol–water partition coefficient (Wildman–Crippen LogP) is 1.31. The van der Waals surface area contributed by atoms with Crippen LogP contribution in [0.3, 0.4) is 0 Å². The minimum Gasteiger partial charge on any atom is -0.341 e. The highest BCUT2D eigenvalue weighted by Crippen LogP contribution is 2.19. The highest BCUT2D eigenvalue weighted by atomic mass is 15.4. The summed E-state index contributed by atoms with van der Waals surface area (Å²) in [6, 6.07) is 0. The number of hydrogen-bond donors (Lipinski definition) is 0. The average Bonchev–Trinajstić information content (AvgIpc) is 3.33. The Labute approximate surface area is 141 Å². The van der Waals surface area contributed by atoms with Crippen molar-refractivity contribution < 1.29 is 0 Å². The molecule has 0 N–H and O–H groups in total. The van der Waals surface area contributed by atoms with E-state index in [2.05, 4.69) is 30.0 Å². The van der Waals surface area contributed by atoms with Gasteiger partial charge in [0, 0.05) is 40.3 Å². The van der Waals surface area contributed by atoms with Gasteiger partial charge >= 0.3 is 0 Å². The van der Waals surface area contributed by atoms with Crippen molar-refractivity contribution >= 4 is 24.0 Å². The van der Waals surface area contributed by atoms with E-state index in [4.69, 9.17) is 0 Å². The molecule has 128 valence electrons. The lowest BCUT2D eigenvalue weighted by atomic mass is 10.4. The van der Waals surface area contributed by atoms with Crippen molar-refractivity contribution in [2.24, 2.45) is 14.1 Å². The van der Waals surface area contributed by atoms with Crippen molar-refractivity contribution in [2.75, 3.05) is 36.0 Å². The molecule has 2 saturated heterocycles. The van der Waals surface area contributed by atoms with E-state index in [-0.39, 0.29) is 0 Å². The van der Waals surface area contributed by atoms with Gasteiger partial charge in [0.15, 0.2) is 11.6 Å². The summed E-state index contributed by atoms with van der Waals surface area (Å²) in [5.41, 5.74) is 0. The van der Waals surface area contributed by atoms with Crippen molar-refractivity contribution in [3.63, 3.8) is 0 Å². The number of aromatic nitrogens is 6. The lowest BCUT2D eigenvalue weighted by Gasteiger charge is -2.14. The van der Waals surface area contributed by atoms with Crippen LogP contribution < -0.4 is 9.80 Å². The first-order valence-corrected chi connectivity index (χ1v) is 8.71. The Kier molecular flexibility index (Phi) is 3.95. The van der Waals surface area contributed by atoms with Gasteiger partial charge in [0.05, 0.1) is 0 Å². The molecule has 2 aliphatic heterocycles. The van der Waals surface area contributed by atoms with Crippen molar-refractivity contribution in [2.45, 2.75) is 25.7 Å². The molecule has 24 heavy (non-hydrogen) atoms. The van der Waals surface area contributed by atoms with Gasteiger partial charge in [0.1, 0.15) is 0 Å². The fourth-order valence-corrected chi connectivity index (χ4v) is 3.39. The van der Waals surface area contributed by atoms with Crippen molar-refractivity contribution in [3.05, 3.63) is 11.6 Å². The molecule has 8 nitrogen and oxygen atoms in total. The normalized spacial score (nSPS) is 18.4. The van der Waals surface area contributed by atoms with Crippen LogP contribution in [0.15, 0.2) is 0 Å². The Morgan fingerprint density at radius 1 is 0.750 bits per heavy atom. The molecule has 0 spiro atoms. The summed E-state index contributed by atoms with van der Waals surface area (Å²) in [7, 11) is 3.87. The predicted molar refractivity (Wildman–Crippen MR) is 93.8 cm³/mol. The molecule has 0 atom stereocenters. The SMILES string of the molecule is Cn1nc(N2CCCC2)nc1/C=C/c1nc(N2CCCC2)n(C)n1. The van der Waals surface area contributed by atoms with Crippen LogP contribution in [-0.2, 0) is 14.1 Å². The van der Waals surface area contributed by atoms with E-state index < -0.39 is 0 Å². The van der Waals surface area contributed by atoms with Gasteiger partial charge < -0.3 is 9.80 Å². The van der Waals surface area contributed by atoms with Crippen LogP contribution in [-0.4, -0.2) is 55.7 Å². The molecular formula is C16H24N8. The molecule has 0 bridgehead atoms. The second-order valence-electron chi connectivity index (χ2n) is 6.51. The number of aryl methyl sites for hydroxylation is 2. The van der Waals surface area contributed by atoms with Gasteiger partial charge in [-0.25, -0.2) is 9.36 Å². The fraction of sp³-hybridized carbons (Fsp3) is 0.625. The van der Waals surface area contributed by atoms with Crippen LogP contribution in [0.25, 0.3) is 12.2 Å². The van der Waals surface area contributed by atoms with Crippen LogP contribution in [0, 0.1) is 0 Å². The molecule has 2 aliphatic rings. The van der Waals surface area contributed by atoms with Crippen LogP contribution in [0.2, 0.25) is 0 Å². The summed E-state index contributed by atoms with van der Waals surface area (Å²) in [4.78, 5) is 13.8. The zero-order valence-electron chi connectivity index (χ0n) is 14.4. The molecule has 0 aliphatic carbocycles. The Bertz CT molecular complexity index is 731. The van der Waals surface area contributed by atoms with Crippen LogP contribution in [0.1, 0.15) is 37.3 Å². The van der Waals surface area contributed by atoms with E-state index in [1.807, 2.05) is 35.6 Å². The van der Waals surface area contributed by atoms with E-state index in [0.717, 1.165) is 43.9 Å². The molecule has 8 heteroatoms. The summed E-state index contributed by atoms with van der Waals surface area (Å²) < 4.78 is 3.67. The van der Waals surface area contributed by atoms with Gasteiger partial charge in [-0.3, -0.25) is 0 Å². The third-order valence-corrected chi connectivity index (χ3v) is 4.70. The van der Waals surface area contributed by atoms with Crippen LogP contribution >= 0.6 is 0 Å². The Morgan fingerprint density at radius 2 is 1.42 bits per heavy atom. The first-order chi connectivity index (χ1) is 11.7. The molecule has 0 aromatic carbocycles. The van der Waals surface area contributed by atoms with Gasteiger partial charge in [0.25, 0.3) is 0 Å². The van der Waals surface area contributed by atoms with E-state index >= 15 is 0 Å². The third-order valence-electron chi connectivity index (χ3n) is 4.70. The topological polar surface area (TPSA) is 67.9 Å². The minimum absolute atomic E-state index is 0.713. The molecule has 0 saturated carbocycles. The first-order valence-electron chi connectivity index (χ1n) is 8.71. The molecular weight excluding hydrogens is 304 g/mol. The number of nitrogens with zero attached hydrogens (tertiary/aromatic N) is 8. The standard InChI is InChI=1S/C16H24N8/c1-21-14(18-15(20-21)23-9-3-4-10-23)8-7-13-17-16(22(2)19-13)24-11-5-6-12-24/h7-8H,3-6,9-12H2,1-2H3/b8-7+. The lowest BCUT2D eigenvalue weighted by molar-refractivity contribution is 0.733. The highest BCUT2D eigenvalue weighted by molar-refractivity contribution is 5.64. The number of anilines is 2. The fourth-order valence-electron chi connectivity index (χ4n) is 3.39. The van der Waals surface area contributed by atoms with Crippen molar-refractivity contribution in [1.29, 1.82) is 0 Å². The molecule has 4 heterocycles. The van der Waals surface area contributed by atoms with E-state index in [1.165, 1.54) is 25.7 Å². The van der Waals surface area contributed by atoms with Crippen molar-refractivity contribution in [1.82, 2.24) is 29.5 Å². The van der Waals surface area contributed by atoms with Crippen LogP contribution in [0.5, 0.6) is 0 Å². The summed E-state index contributed by atoms with van der Waals surface area (Å²) in [6.45, 7) is 4.23. The first kappa shape index (κ1) is 15.2. The summed E-state index contributed by atoms with van der Waals surface area (Å²) in [5, 5.41) is 9.01. The monoisotopic (exact) mass is 328 g/mol. The Morgan fingerprint density at radius 3 is 2.12 bits per heavy atom. The Hall–Kier alpha value is -2.38. The van der Waals surface area contributed by atoms with E-state index in [9.17, 15) is 0 Å². The van der Waals surface area contributed by atoms with Gasteiger partial charge in [-0.2, -0.15) is 15.1 Å². The zero-order valence-corrected chi connectivity index (χ0v) is 14.4. The maximum absolute atomic E-state index is 4.64. The second kappa shape index (κ2) is 6.26. The molecule has 2 aromatic rings. The molecule has 0 radical (unpaired) electrons. The minimum atomic E-state index is 0.713. The Balaban J connectivity index is 1.51. The van der Waals surface area contributed by atoms with Crippen LogP contribution in [0.4, 0.5) is 11.9 Å². The third kappa shape index (κ3) is 2.88. The highest BCUT2D eigenvalue weighted by Gasteiger charge is 2.19.